The van der Waals surface area contributed by atoms with Crippen molar-refractivity contribution in [2.45, 2.75) is 6.42 Å². The van der Waals surface area contributed by atoms with Gasteiger partial charge in [0.25, 0.3) is 0 Å². The molecule has 5 nitrogen and oxygen atoms in total. The summed E-state index contributed by atoms with van der Waals surface area (Å²) < 4.78 is 5.32. The van der Waals surface area contributed by atoms with Crippen molar-refractivity contribution in [3.63, 3.8) is 0 Å². The van der Waals surface area contributed by atoms with Crippen molar-refractivity contribution in [2.75, 3.05) is 46.1 Å². The summed E-state index contributed by atoms with van der Waals surface area (Å²) in [6, 6.07) is 7.52. The van der Waals surface area contributed by atoms with Crippen molar-refractivity contribution in [3.8, 4) is 0 Å². The molecule has 0 saturated heterocycles. The quantitative estimate of drug-likeness (QED) is 0.757. The van der Waals surface area contributed by atoms with E-state index in [4.69, 9.17) is 4.42 Å². The average Bonchev–Trinajstić information content (AvgIpc) is 2.43. The molecule has 0 radical (unpaired) electrons. The number of hydrogen-bond donors (Lipinski definition) is 2. The van der Waals surface area contributed by atoms with Gasteiger partial charge < -0.3 is 20.0 Å². The van der Waals surface area contributed by atoms with Gasteiger partial charge in [0.15, 0.2) is 0 Å². The third-order valence-corrected chi connectivity index (χ3v) is 3.36. The number of fused-ring (bicyclic) bond motifs is 1. The van der Waals surface area contributed by atoms with Gasteiger partial charge in [0.05, 0.1) is 0 Å². The largest absolute Gasteiger partial charge is 0.423 e. The van der Waals surface area contributed by atoms with Gasteiger partial charge in [-0.1, -0.05) is 0 Å². The van der Waals surface area contributed by atoms with Crippen molar-refractivity contribution >= 4 is 16.7 Å². The molecule has 114 valence electrons. The topological polar surface area (TPSA) is 57.5 Å². The minimum absolute atomic E-state index is 0.293. The van der Waals surface area contributed by atoms with Gasteiger partial charge in [0.2, 0.25) is 0 Å². The smallest absolute Gasteiger partial charge is 0.336 e. The van der Waals surface area contributed by atoms with Gasteiger partial charge in [-0.2, -0.15) is 0 Å². The molecule has 0 unspecified atom stereocenters. The van der Waals surface area contributed by atoms with E-state index in [0.717, 1.165) is 42.7 Å². The molecule has 0 aliphatic heterocycles. The molecule has 0 fully saturated rings. The number of hydrogen-bond acceptors (Lipinski definition) is 5. The Labute approximate surface area is 124 Å². The first kappa shape index (κ1) is 15.5. The van der Waals surface area contributed by atoms with E-state index in [9.17, 15) is 4.79 Å². The van der Waals surface area contributed by atoms with Crippen LogP contribution in [0.5, 0.6) is 0 Å². The Morgan fingerprint density at radius 1 is 1.19 bits per heavy atom. The molecule has 0 bridgehead atoms. The van der Waals surface area contributed by atoms with Crippen LogP contribution in [0.3, 0.4) is 0 Å². The number of benzene rings is 1. The summed E-state index contributed by atoms with van der Waals surface area (Å²) in [6.07, 6.45) is 0.812. The Morgan fingerprint density at radius 2 is 2.00 bits per heavy atom. The molecule has 2 N–H and O–H groups in total. The van der Waals surface area contributed by atoms with Crippen LogP contribution in [0.25, 0.3) is 11.0 Å². The van der Waals surface area contributed by atoms with Crippen molar-refractivity contribution in [3.05, 3.63) is 40.2 Å². The fourth-order valence-corrected chi connectivity index (χ4v) is 2.23. The molecule has 2 rings (SSSR count). The number of likely N-dealkylation sites (N-methyl/N-ethyl adjacent to an activating group) is 2. The Bertz CT molecular complexity index is 650. The minimum Gasteiger partial charge on any atom is -0.423 e. The van der Waals surface area contributed by atoms with E-state index < -0.39 is 0 Å². The molecular weight excluding hydrogens is 266 g/mol. The highest BCUT2D eigenvalue weighted by Gasteiger charge is 2.06. The summed E-state index contributed by atoms with van der Waals surface area (Å²) in [5, 5.41) is 7.44. The maximum Gasteiger partial charge on any atom is 0.336 e. The summed E-state index contributed by atoms with van der Waals surface area (Å²) >= 11 is 0. The van der Waals surface area contributed by atoms with Crippen molar-refractivity contribution in [2.24, 2.45) is 0 Å². The first-order valence-electron chi connectivity index (χ1n) is 7.20. The fraction of sp³-hybridized carbons (Fsp3) is 0.438. The van der Waals surface area contributed by atoms with E-state index in [1.807, 2.05) is 39.3 Å². The lowest BCUT2D eigenvalue weighted by molar-refractivity contribution is 0.425. The van der Waals surface area contributed by atoms with E-state index in [-0.39, 0.29) is 5.63 Å². The molecule has 1 heterocycles. The lowest BCUT2D eigenvalue weighted by atomic mass is 10.1. The second-order valence-corrected chi connectivity index (χ2v) is 5.39. The van der Waals surface area contributed by atoms with Crippen molar-refractivity contribution in [1.29, 1.82) is 0 Å². The summed E-state index contributed by atoms with van der Waals surface area (Å²) in [5.41, 5.74) is 2.34. The SMILES string of the molecule is CNCCc1cc(=O)oc2cc(NCCN(C)C)ccc12. The third-order valence-electron chi connectivity index (χ3n) is 3.36. The highest BCUT2D eigenvalue weighted by molar-refractivity contribution is 5.83. The van der Waals surface area contributed by atoms with Gasteiger partial charge in [-0.05, 0) is 51.8 Å². The molecule has 2 aromatic rings. The Kier molecular flexibility index (Phi) is 5.36. The first-order valence-corrected chi connectivity index (χ1v) is 7.20. The molecule has 0 spiro atoms. The van der Waals surface area contributed by atoms with Crippen LogP contribution in [0.15, 0.2) is 33.5 Å². The fourth-order valence-electron chi connectivity index (χ4n) is 2.23. The maximum absolute atomic E-state index is 11.7. The molecule has 0 aliphatic carbocycles. The Morgan fingerprint density at radius 3 is 2.71 bits per heavy atom. The number of nitrogens with zero attached hydrogens (tertiary/aromatic N) is 1. The molecule has 0 atom stereocenters. The zero-order chi connectivity index (χ0) is 15.2. The van der Waals surface area contributed by atoms with Crippen LogP contribution >= 0.6 is 0 Å². The van der Waals surface area contributed by atoms with Gasteiger partial charge >= 0.3 is 5.63 Å². The summed E-state index contributed by atoms with van der Waals surface area (Å²) in [4.78, 5) is 13.8. The Balaban J connectivity index is 2.24. The second-order valence-electron chi connectivity index (χ2n) is 5.39. The summed E-state index contributed by atoms with van der Waals surface area (Å²) in [5.74, 6) is 0. The molecule has 1 aromatic carbocycles. The predicted molar refractivity (Wildman–Crippen MR) is 87.2 cm³/mol. The third kappa shape index (κ3) is 4.31. The zero-order valence-corrected chi connectivity index (χ0v) is 12.9. The van der Waals surface area contributed by atoms with Crippen molar-refractivity contribution in [1.82, 2.24) is 10.2 Å². The highest BCUT2D eigenvalue weighted by atomic mass is 16.4. The summed E-state index contributed by atoms with van der Waals surface area (Å²) in [7, 11) is 5.98. The van der Waals surface area contributed by atoms with Crippen LogP contribution in [0.1, 0.15) is 5.56 Å². The van der Waals surface area contributed by atoms with Gasteiger partial charge in [0.1, 0.15) is 5.58 Å². The zero-order valence-electron chi connectivity index (χ0n) is 12.9. The van der Waals surface area contributed by atoms with Crippen LogP contribution < -0.4 is 16.3 Å². The number of rotatable bonds is 7. The first-order chi connectivity index (χ1) is 10.1. The average molecular weight is 289 g/mol. The Hall–Kier alpha value is -1.85. The molecule has 21 heavy (non-hydrogen) atoms. The van der Waals surface area contributed by atoms with E-state index in [0.29, 0.717) is 5.58 Å². The van der Waals surface area contributed by atoms with E-state index in [1.54, 1.807) is 6.07 Å². The van der Waals surface area contributed by atoms with Crippen molar-refractivity contribution < 1.29 is 4.42 Å². The van der Waals surface area contributed by atoms with E-state index in [2.05, 4.69) is 15.5 Å². The van der Waals surface area contributed by atoms with Gasteiger partial charge in [0, 0.05) is 36.3 Å². The second kappa shape index (κ2) is 7.24. The van der Waals surface area contributed by atoms with Crippen LogP contribution in [0.4, 0.5) is 5.69 Å². The van der Waals surface area contributed by atoms with E-state index >= 15 is 0 Å². The van der Waals surface area contributed by atoms with Gasteiger partial charge in [-0.15, -0.1) is 0 Å². The predicted octanol–water partition coefficient (Wildman–Crippen LogP) is 1.53. The van der Waals surface area contributed by atoms with Crippen LogP contribution in [-0.2, 0) is 6.42 Å². The monoisotopic (exact) mass is 289 g/mol. The van der Waals surface area contributed by atoms with E-state index in [1.165, 1.54) is 0 Å². The standard InChI is InChI=1S/C16H23N3O2/c1-17-7-6-12-10-16(20)21-15-11-13(4-5-14(12)15)18-8-9-19(2)3/h4-5,10-11,17-18H,6-9H2,1-3H3. The minimum atomic E-state index is -0.293. The molecule has 5 heteroatoms. The van der Waals surface area contributed by atoms with Gasteiger partial charge in [-0.3, -0.25) is 0 Å². The molecule has 0 aliphatic rings. The molecular formula is C16H23N3O2. The van der Waals surface area contributed by atoms with Crippen LogP contribution in [0.2, 0.25) is 0 Å². The lowest BCUT2D eigenvalue weighted by Crippen LogP contribution is -2.20. The molecule has 1 aromatic heterocycles. The number of anilines is 1. The van der Waals surface area contributed by atoms with Crippen LogP contribution in [-0.4, -0.2) is 45.7 Å². The normalized spacial score (nSPS) is 11.2. The number of nitrogens with one attached hydrogen (secondary N) is 2. The lowest BCUT2D eigenvalue weighted by Gasteiger charge is -2.12. The summed E-state index contributed by atoms with van der Waals surface area (Å²) in [6.45, 7) is 2.63. The van der Waals surface area contributed by atoms with Crippen LogP contribution in [0, 0.1) is 0 Å². The highest BCUT2D eigenvalue weighted by Crippen LogP contribution is 2.21. The molecule has 0 amide bonds. The maximum atomic E-state index is 11.7. The molecule has 0 saturated carbocycles. The van der Waals surface area contributed by atoms with Gasteiger partial charge in [-0.25, -0.2) is 4.79 Å².